The third-order valence-electron chi connectivity index (χ3n) is 2.19. The molecule has 0 aromatic heterocycles. The van der Waals surface area contributed by atoms with Gasteiger partial charge < -0.3 is 9.84 Å². The molecule has 0 heterocycles. The minimum Gasteiger partial charge on any atom is -0.493 e. The fourth-order valence-corrected chi connectivity index (χ4v) is 1.40. The first-order valence-electron chi connectivity index (χ1n) is 4.64. The van der Waals surface area contributed by atoms with Gasteiger partial charge in [-0.2, -0.15) is 0 Å². The molecular formula is C11H15FO2. The molecule has 1 atom stereocenters. The van der Waals surface area contributed by atoms with Crippen LogP contribution in [0.5, 0.6) is 5.75 Å². The van der Waals surface area contributed by atoms with Gasteiger partial charge in [-0.15, -0.1) is 0 Å². The van der Waals surface area contributed by atoms with Crippen molar-refractivity contribution in [3.05, 3.63) is 29.1 Å². The molecule has 2 nitrogen and oxygen atoms in total. The Hall–Kier alpha value is -1.09. The molecule has 0 amide bonds. The van der Waals surface area contributed by atoms with E-state index in [1.54, 1.807) is 13.0 Å². The average molecular weight is 198 g/mol. The first-order valence-corrected chi connectivity index (χ1v) is 4.64. The van der Waals surface area contributed by atoms with E-state index in [0.717, 1.165) is 12.0 Å². The van der Waals surface area contributed by atoms with Crippen molar-refractivity contribution in [1.29, 1.82) is 0 Å². The van der Waals surface area contributed by atoms with E-state index in [-0.39, 0.29) is 5.75 Å². The Bertz CT molecular complexity index is 321. The Labute approximate surface area is 83.3 Å². The third kappa shape index (κ3) is 2.04. The molecule has 78 valence electrons. The first kappa shape index (κ1) is 11.0. The van der Waals surface area contributed by atoms with Gasteiger partial charge in [0.25, 0.3) is 0 Å². The quantitative estimate of drug-likeness (QED) is 0.808. The van der Waals surface area contributed by atoms with E-state index in [9.17, 15) is 9.50 Å². The van der Waals surface area contributed by atoms with Crippen molar-refractivity contribution < 1.29 is 14.2 Å². The number of aliphatic hydroxyl groups is 1. The van der Waals surface area contributed by atoms with Crippen LogP contribution >= 0.6 is 0 Å². The summed E-state index contributed by atoms with van der Waals surface area (Å²) in [6.45, 7) is 3.53. The average Bonchev–Trinajstić information content (AvgIpc) is 2.16. The SMILES string of the molecule is CCc1cc(F)c(OC)c(C(C)O)c1. The Kier molecular flexibility index (Phi) is 3.47. The van der Waals surface area contributed by atoms with Crippen molar-refractivity contribution in [3.8, 4) is 5.75 Å². The summed E-state index contributed by atoms with van der Waals surface area (Å²) in [6, 6.07) is 3.21. The molecule has 1 unspecified atom stereocenters. The third-order valence-corrected chi connectivity index (χ3v) is 2.19. The zero-order valence-corrected chi connectivity index (χ0v) is 8.67. The molecule has 0 saturated heterocycles. The number of ether oxygens (including phenoxy) is 1. The first-order chi connectivity index (χ1) is 6.60. The monoisotopic (exact) mass is 198 g/mol. The number of halogens is 1. The summed E-state index contributed by atoms with van der Waals surface area (Å²) in [7, 11) is 1.40. The number of hydrogen-bond acceptors (Lipinski definition) is 2. The minimum atomic E-state index is -0.717. The van der Waals surface area contributed by atoms with E-state index < -0.39 is 11.9 Å². The summed E-state index contributed by atoms with van der Waals surface area (Å²) in [5.41, 5.74) is 1.36. The Morgan fingerprint density at radius 3 is 2.57 bits per heavy atom. The van der Waals surface area contributed by atoms with Crippen LogP contribution in [0.3, 0.4) is 0 Å². The van der Waals surface area contributed by atoms with Crippen molar-refractivity contribution in [1.82, 2.24) is 0 Å². The van der Waals surface area contributed by atoms with Gasteiger partial charge in [0.1, 0.15) is 0 Å². The van der Waals surface area contributed by atoms with E-state index in [4.69, 9.17) is 4.74 Å². The maximum atomic E-state index is 13.4. The summed E-state index contributed by atoms with van der Waals surface area (Å²) in [4.78, 5) is 0. The fraction of sp³-hybridized carbons (Fsp3) is 0.455. The maximum absolute atomic E-state index is 13.4. The van der Waals surface area contributed by atoms with E-state index in [1.807, 2.05) is 6.92 Å². The van der Waals surface area contributed by atoms with Crippen LogP contribution in [0.2, 0.25) is 0 Å². The predicted octanol–water partition coefficient (Wildman–Crippen LogP) is 2.45. The molecule has 0 bridgehead atoms. The van der Waals surface area contributed by atoms with Crippen molar-refractivity contribution in [2.75, 3.05) is 7.11 Å². The number of aliphatic hydroxyl groups excluding tert-OH is 1. The van der Waals surface area contributed by atoms with Crippen LogP contribution < -0.4 is 4.74 Å². The van der Waals surface area contributed by atoms with E-state index in [0.29, 0.717) is 5.56 Å². The lowest BCUT2D eigenvalue weighted by Gasteiger charge is -2.13. The number of rotatable bonds is 3. The standard InChI is InChI=1S/C11H15FO2/c1-4-8-5-9(7(2)13)11(14-3)10(12)6-8/h5-7,13H,4H2,1-3H3. The molecule has 0 saturated carbocycles. The largest absolute Gasteiger partial charge is 0.493 e. The van der Waals surface area contributed by atoms with Gasteiger partial charge >= 0.3 is 0 Å². The number of methoxy groups -OCH3 is 1. The molecule has 1 rings (SSSR count). The Morgan fingerprint density at radius 2 is 2.14 bits per heavy atom. The van der Waals surface area contributed by atoms with E-state index in [2.05, 4.69) is 0 Å². The number of hydrogen-bond donors (Lipinski definition) is 1. The highest BCUT2D eigenvalue weighted by Crippen LogP contribution is 2.29. The van der Waals surface area contributed by atoms with Crippen LogP contribution in [0, 0.1) is 5.82 Å². The molecule has 0 spiro atoms. The fourth-order valence-electron chi connectivity index (χ4n) is 1.40. The predicted molar refractivity (Wildman–Crippen MR) is 53.0 cm³/mol. The molecule has 0 aliphatic rings. The van der Waals surface area contributed by atoms with Gasteiger partial charge in [0.05, 0.1) is 13.2 Å². The number of aryl methyl sites for hydroxylation is 1. The molecule has 1 N–H and O–H groups in total. The van der Waals surface area contributed by atoms with Gasteiger partial charge in [0.2, 0.25) is 0 Å². The lowest BCUT2D eigenvalue weighted by atomic mass is 10.0. The van der Waals surface area contributed by atoms with Gasteiger partial charge in [-0.3, -0.25) is 0 Å². The van der Waals surface area contributed by atoms with Crippen LogP contribution in [-0.2, 0) is 6.42 Å². The topological polar surface area (TPSA) is 29.5 Å². The van der Waals surface area contributed by atoms with Crippen LogP contribution in [0.25, 0.3) is 0 Å². The molecule has 0 fully saturated rings. The summed E-state index contributed by atoms with van der Waals surface area (Å²) < 4.78 is 18.3. The van der Waals surface area contributed by atoms with E-state index in [1.165, 1.54) is 13.2 Å². The van der Waals surface area contributed by atoms with Gasteiger partial charge in [0, 0.05) is 5.56 Å². The highest BCUT2D eigenvalue weighted by atomic mass is 19.1. The summed E-state index contributed by atoms with van der Waals surface area (Å²) in [5, 5.41) is 9.43. The molecule has 14 heavy (non-hydrogen) atoms. The zero-order valence-electron chi connectivity index (χ0n) is 8.67. The minimum absolute atomic E-state index is 0.136. The van der Waals surface area contributed by atoms with Gasteiger partial charge in [0.15, 0.2) is 11.6 Å². The van der Waals surface area contributed by atoms with Gasteiger partial charge in [-0.1, -0.05) is 6.92 Å². The summed E-state index contributed by atoms with van der Waals surface area (Å²) in [5.74, 6) is -0.278. The van der Waals surface area contributed by atoms with Crippen LogP contribution in [-0.4, -0.2) is 12.2 Å². The molecule has 1 aromatic carbocycles. The van der Waals surface area contributed by atoms with Crippen molar-refractivity contribution in [3.63, 3.8) is 0 Å². The number of benzene rings is 1. The molecule has 3 heteroatoms. The lowest BCUT2D eigenvalue weighted by Crippen LogP contribution is -2.01. The van der Waals surface area contributed by atoms with Crippen LogP contribution in [0.1, 0.15) is 31.1 Å². The maximum Gasteiger partial charge on any atom is 0.165 e. The Balaban J connectivity index is 3.28. The molecule has 0 aliphatic carbocycles. The van der Waals surface area contributed by atoms with Crippen LogP contribution in [0.4, 0.5) is 4.39 Å². The highest BCUT2D eigenvalue weighted by molar-refractivity contribution is 5.40. The van der Waals surface area contributed by atoms with Gasteiger partial charge in [-0.05, 0) is 31.0 Å². The lowest BCUT2D eigenvalue weighted by molar-refractivity contribution is 0.192. The summed E-state index contributed by atoms with van der Waals surface area (Å²) in [6.07, 6.45) is 0.0200. The summed E-state index contributed by atoms with van der Waals surface area (Å²) >= 11 is 0. The van der Waals surface area contributed by atoms with Crippen molar-refractivity contribution >= 4 is 0 Å². The zero-order chi connectivity index (χ0) is 10.7. The van der Waals surface area contributed by atoms with E-state index >= 15 is 0 Å². The van der Waals surface area contributed by atoms with Gasteiger partial charge in [-0.25, -0.2) is 4.39 Å². The molecule has 0 radical (unpaired) electrons. The second-order valence-electron chi connectivity index (χ2n) is 3.23. The normalized spacial score (nSPS) is 12.6. The molecule has 1 aromatic rings. The smallest absolute Gasteiger partial charge is 0.165 e. The second-order valence-corrected chi connectivity index (χ2v) is 3.23. The van der Waals surface area contributed by atoms with Crippen LogP contribution in [0.15, 0.2) is 12.1 Å². The second kappa shape index (κ2) is 4.42. The highest BCUT2D eigenvalue weighted by Gasteiger charge is 2.14. The Morgan fingerprint density at radius 1 is 1.50 bits per heavy atom. The molecular weight excluding hydrogens is 183 g/mol. The molecule has 0 aliphatic heterocycles. The van der Waals surface area contributed by atoms with Crippen molar-refractivity contribution in [2.45, 2.75) is 26.4 Å². The van der Waals surface area contributed by atoms with Crippen molar-refractivity contribution in [2.24, 2.45) is 0 Å².